The van der Waals surface area contributed by atoms with Crippen LogP contribution in [-0.4, -0.2) is 29.1 Å². The summed E-state index contributed by atoms with van der Waals surface area (Å²) >= 11 is 10.6. The Morgan fingerprint density at radius 2 is 1.54 bits per heavy atom. The molecule has 3 rings (SSSR count). The second-order valence-corrected chi connectivity index (χ2v) is 14.8. The Bertz CT molecular complexity index is 538. The predicted octanol–water partition coefficient (Wildman–Crippen LogP) is 5.03. The van der Waals surface area contributed by atoms with Crippen molar-refractivity contribution in [1.82, 2.24) is 0 Å². The van der Waals surface area contributed by atoms with E-state index >= 15 is 0 Å². The molecule has 2 saturated carbocycles. The maximum absolute atomic E-state index is 7.01. The second kappa shape index (κ2) is 8.26. The number of ether oxygens (including phenoxy) is 2. The normalized spacial score (nSPS) is 21.9. The summed E-state index contributed by atoms with van der Waals surface area (Å²) in [6.45, 7) is 0. The fourth-order valence-corrected chi connectivity index (χ4v) is 15.6. The zero-order valence-electron chi connectivity index (χ0n) is 14.6. The Hall–Kier alpha value is 0.202. The van der Waals surface area contributed by atoms with Gasteiger partial charge >= 0.3 is 163 Å². The summed E-state index contributed by atoms with van der Waals surface area (Å²) in [7, 11) is 1.53. The van der Waals surface area contributed by atoms with Gasteiger partial charge in [0, 0.05) is 0 Å². The van der Waals surface area contributed by atoms with Gasteiger partial charge in [-0.2, -0.15) is 0 Å². The van der Waals surface area contributed by atoms with E-state index < -0.39 is 7.26 Å². The molecule has 0 spiro atoms. The molecule has 0 amide bonds. The van der Waals surface area contributed by atoms with Crippen molar-refractivity contribution in [3.8, 4) is 11.5 Å². The molecule has 0 saturated heterocycles. The molecule has 2 nitrogen and oxygen atoms in total. The van der Waals surface area contributed by atoms with Gasteiger partial charge in [0.2, 0.25) is 0 Å². The Kier molecular flexibility index (Phi) is 6.53. The molecule has 2 aliphatic carbocycles. The summed E-state index contributed by atoms with van der Waals surface area (Å²) < 4.78 is 11.4. The first-order chi connectivity index (χ1) is 11.6. The summed E-state index contributed by atoms with van der Waals surface area (Å²) in [6, 6.07) is 6.42. The Balaban J connectivity index is 2.16. The summed E-state index contributed by atoms with van der Waals surface area (Å²) in [5.41, 5.74) is 1.53. The van der Waals surface area contributed by atoms with E-state index in [1.165, 1.54) is 56.7 Å². The van der Waals surface area contributed by atoms with Crippen molar-refractivity contribution in [3.63, 3.8) is 0 Å². The van der Waals surface area contributed by atoms with E-state index in [0.717, 1.165) is 22.8 Å². The minimum atomic E-state index is -1.97. The van der Waals surface area contributed by atoms with Gasteiger partial charge in [-0.05, 0) is 0 Å². The molecule has 0 N–H and O–H groups in total. The molecule has 0 radical (unpaired) electrons. The fraction of sp³-hybridized carbons (Fsp3) is 0.684. The number of rotatable bonds is 6. The van der Waals surface area contributed by atoms with Crippen LogP contribution in [0, 0.1) is 0 Å². The number of alkyl halides is 1. The third-order valence-corrected chi connectivity index (χ3v) is 15.4. The molecule has 24 heavy (non-hydrogen) atoms. The van der Waals surface area contributed by atoms with Gasteiger partial charge in [0.05, 0.1) is 0 Å². The van der Waals surface area contributed by atoms with Gasteiger partial charge in [0.25, 0.3) is 0 Å². The van der Waals surface area contributed by atoms with Crippen molar-refractivity contribution in [2.45, 2.75) is 66.3 Å². The van der Waals surface area contributed by atoms with E-state index in [1.54, 1.807) is 14.2 Å². The molecule has 139 valence electrons. The topological polar surface area (TPSA) is 18.5 Å². The van der Waals surface area contributed by atoms with Crippen LogP contribution in [0.25, 0.3) is 0 Å². The van der Waals surface area contributed by atoms with Crippen LogP contribution in [0.4, 0.5) is 0 Å². The van der Waals surface area contributed by atoms with Crippen molar-refractivity contribution in [1.29, 1.82) is 0 Å². The van der Waals surface area contributed by atoms with Crippen LogP contribution in [0.5, 0.6) is 11.5 Å². The number of halogens is 1. The van der Waals surface area contributed by atoms with E-state index in [1.807, 2.05) is 0 Å². The first kappa shape index (κ1) is 19.0. The Morgan fingerprint density at radius 3 is 1.96 bits per heavy atom. The zero-order chi connectivity index (χ0) is 17.2. The molecule has 2 fully saturated rings. The fourth-order valence-electron chi connectivity index (χ4n) is 5.17. The second-order valence-electron chi connectivity index (χ2n) is 7.23. The van der Waals surface area contributed by atoms with Gasteiger partial charge in [-0.15, -0.1) is 0 Å². The van der Waals surface area contributed by atoms with Gasteiger partial charge in [0.15, 0.2) is 0 Å². The van der Waals surface area contributed by atoms with Crippen LogP contribution >= 0.6 is 18.9 Å². The zero-order valence-corrected chi connectivity index (χ0v) is 17.9. The summed E-state index contributed by atoms with van der Waals surface area (Å²) in [5, 5.41) is 1.41. The van der Waals surface area contributed by atoms with Crippen LogP contribution in [0.2, 0.25) is 0 Å². The van der Waals surface area contributed by atoms with E-state index in [-0.39, 0.29) is 3.59 Å². The van der Waals surface area contributed by atoms with Crippen molar-refractivity contribution < 1.29 is 28.7 Å². The van der Waals surface area contributed by atoms with Crippen LogP contribution in [-0.2, 0) is 19.2 Å². The van der Waals surface area contributed by atoms with Crippen molar-refractivity contribution in [3.05, 3.63) is 18.2 Å². The van der Waals surface area contributed by atoms with E-state index in [4.69, 9.17) is 21.1 Å². The molecule has 0 bridgehead atoms. The van der Waals surface area contributed by atoms with Gasteiger partial charge in [-0.3, -0.25) is 0 Å². The minimum absolute atomic E-state index is 0.0917. The third-order valence-electron chi connectivity index (χ3n) is 6.27. The molecule has 1 aromatic carbocycles. The molecule has 1 unspecified atom stereocenters. The predicted molar refractivity (Wildman–Crippen MR) is 102 cm³/mol. The summed E-state index contributed by atoms with van der Waals surface area (Å²) in [4.78, 5) is 0. The summed E-state index contributed by atoms with van der Waals surface area (Å²) in [6.07, 6.45) is 10.7. The maximum atomic E-state index is 7.01. The molecular formula is C19H29ClO2PPd. The quantitative estimate of drug-likeness (QED) is 0.336. The van der Waals surface area contributed by atoms with Gasteiger partial charge < -0.3 is 0 Å². The molecule has 0 aliphatic heterocycles. The van der Waals surface area contributed by atoms with Crippen LogP contribution in [0.15, 0.2) is 18.2 Å². The standard InChI is InChI=1S/C19H29ClO2P.Pd/c1-21-15-11-12-19(18(13-15)22-2)23(14-20,16-7-3-4-8-16)17-9-5-6-10-17;/h11-14,16-17,23H,3-10H2,1-2H3;. The number of hydrogen-bond donors (Lipinski definition) is 0. The van der Waals surface area contributed by atoms with Gasteiger partial charge in [-0.25, -0.2) is 0 Å². The summed E-state index contributed by atoms with van der Waals surface area (Å²) in [5.74, 6) is 1.84. The van der Waals surface area contributed by atoms with Crippen LogP contribution in [0.1, 0.15) is 51.4 Å². The Labute approximate surface area is 162 Å². The molecule has 5 heteroatoms. The van der Waals surface area contributed by atoms with Gasteiger partial charge in [0.1, 0.15) is 0 Å². The van der Waals surface area contributed by atoms with E-state index in [2.05, 4.69) is 37.4 Å². The first-order valence-electron chi connectivity index (χ1n) is 9.11. The van der Waals surface area contributed by atoms with E-state index in [0.29, 0.717) is 0 Å². The van der Waals surface area contributed by atoms with E-state index in [9.17, 15) is 0 Å². The number of methoxy groups -OCH3 is 2. The van der Waals surface area contributed by atoms with Crippen molar-refractivity contribution in [2.75, 3.05) is 14.2 Å². The molecule has 2 aliphatic rings. The molecular weight excluding hydrogens is 433 g/mol. The first-order valence-corrected chi connectivity index (χ1v) is 12.7. The molecule has 1 aromatic rings. The third kappa shape index (κ3) is 3.28. The number of benzene rings is 1. The molecule has 1 atom stereocenters. The average Bonchev–Trinajstić information content (AvgIpc) is 3.30. The van der Waals surface area contributed by atoms with Crippen LogP contribution < -0.4 is 14.8 Å². The Morgan fingerprint density at radius 1 is 1.00 bits per heavy atom. The molecule has 0 heterocycles. The van der Waals surface area contributed by atoms with Gasteiger partial charge in [-0.1, -0.05) is 0 Å². The monoisotopic (exact) mass is 461 g/mol. The van der Waals surface area contributed by atoms with Crippen LogP contribution in [0.3, 0.4) is 0 Å². The van der Waals surface area contributed by atoms with Crippen molar-refractivity contribution in [2.24, 2.45) is 0 Å². The number of hydrogen-bond acceptors (Lipinski definition) is 2. The van der Waals surface area contributed by atoms with Crippen molar-refractivity contribution >= 4 is 24.2 Å². The average molecular weight is 462 g/mol. The SMILES string of the molecule is COc1ccc([PH]([CH](Cl)[Pd])(C2CCCC2)C2CCCC2)c(OC)c1. The molecule has 0 aromatic heterocycles.